The average Bonchev–Trinajstić information content (AvgIpc) is 2.12. The minimum absolute atomic E-state index is 0.0324. The molecule has 1 rings (SSSR count). The molecule has 98 valence electrons. The number of Topliss-reactive ketones (excluding diaryl/α,β-unsaturated/α-hetero) is 1. The maximum absolute atomic E-state index is 11.9. The zero-order valence-corrected chi connectivity index (χ0v) is 11.8. The van der Waals surface area contributed by atoms with Crippen LogP contribution in [0.2, 0.25) is 0 Å². The largest absolute Gasteiger partial charge is 0.469 e. The number of ether oxygens (including phenoxy) is 1. The van der Waals surface area contributed by atoms with Gasteiger partial charge in [0.05, 0.1) is 12.5 Å². The van der Waals surface area contributed by atoms with Crippen LogP contribution in [0.5, 0.6) is 0 Å². The monoisotopic (exact) mass is 240 g/mol. The molecular formula is C14H24O3. The van der Waals surface area contributed by atoms with E-state index in [9.17, 15) is 9.59 Å². The van der Waals surface area contributed by atoms with Gasteiger partial charge in [0.2, 0.25) is 0 Å². The summed E-state index contributed by atoms with van der Waals surface area (Å²) in [5, 5.41) is 0. The molecule has 17 heavy (non-hydrogen) atoms. The average molecular weight is 240 g/mol. The molecule has 3 nitrogen and oxygen atoms in total. The van der Waals surface area contributed by atoms with Crippen LogP contribution in [0.1, 0.15) is 53.9 Å². The van der Waals surface area contributed by atoms with Crippen LogP contribution in [0, 0.1) is 16.2 Å². The molecule has 0 aromatic carbocycles. The van der Waals surface area contributed by atoms with Crippen molar-refractivity contribution >= 4 is 11.8 Å². The second kappa shape index (κ2) is 4.11. The molecule has 0 aliphatic heterocycles. The number of methoxy groups -OCH3 is 1. The Hall–Kier alpha value is -0.860. The molecule has 1 atom stereocenters. The number of esters is 1. The predicted octanol–water partition coefficient (Wildman–Crippen LogP) is 2.97. The summed E-state index contributed by atoms with van der Waals surface area (Å²) in [7, 11) is 1.41. The quantitative estimate of drug-likeness (QED) is 0.697. The molecule has 0 N–H and O–H groups in total. The highest BCUT2D eigenvalue weighted by Gasteiger charge is 2.53. The van der Waals surface area contributed by atoms with E-state index in [2.05, 4.69) is 13.8 Å². The van der Waals surface area contributed by atoms with E-state index < -0.39 is 5.41 Å². The molecule has 1 unspecified atom stereocenters. The summed E-state index contributed by atoms with van der Waals surface area (Å²) < 4.78 is 4.89. The molecule has 0 saturated heterocycles. The van der Waals surface area contributed by atoms with Crippen LogP contribution >= 0.6 is 0 Å². The van der Waals surface area contributed by atoms with E-state index in [-0.39, 0.29) is 22.6 Å². The van der Waals surface area contributed by atoms with E-state index in [1.54, 1.807) is 0 Å². The van der Waals surface area contributed by atoms with Gasteiger partial charge in [0.25, 0.3) is 0 Å². The lowest BCUT2D eigenvalue weighted by atomic mass is 9.54. The molecule has 0 aromatic heterocycles. The van der Waals surface area contributed by atoms with E-state index in [4.69, 9.17) is 4.74 Å². The predicted molar refractivity (Wildman–Crippen MR) is 66.5 cm³/mol. The van der Waals surface area contributed by atoms with Crippen molar-refractivity contribution in [1.82, 2.24) is 0 Å². The third-order valence-electron chi connectivity index (χ3n) is 4.34. The summed E-state index contributed by atoms with van der Waals surface area (Å²) in [5.74, 6) is 0.0197. The minimum Gasteiger partial charge on any atom is -0.469 e. The Bertz CT molecular complexity index is 341. The number of hydrogen-bond acceptors (Lipinski definition) is 3. The van der Waals surface area contributed by atoms with Crippen molar-refractivity contribution in [3.8, 4) is 0 Å². The highest BCUT2D eigenvalue weighted by molar-refractivity contribution is 5.83. The Kier molecular flexibility index (Phi) is 3.43. The van der Waals surface area contributed by atoms with Gasteiger partial charge < -0.3 is 4.74 Å². The van der Waals surface area contributed by atoms with Crippen LogP contribution in [0.4, 0.5) is 0 Å². The van der Waals surface area contributed by atoms with Gasteiger partial charge in [-0.05, 0) is 31.1 Å². The Morgan fingerprint density at radius 1 is 1.24 bits per heavy atom. The van der Waals surface area contributed by atoms with E-state index >= 15 is 0 Å². The first-order valence-electron chi connectivity index (χ1n) is 6.14. The number of carbonyl (C=O) groups is 2. The first kappa shape index (κ1) is 14.2. The van der Waals surface area contributed by atoms with Crippen LogP contribution in [-0.2, 0) is 14.3 Å². The molecule has 0 aromatic rings. The Labute approximate surface area is 104 Å². The Morgan fingerprint density at radius 2 is 1.76 bits per heavy atom. The number of hydrogen-bond donors (Lipinski definition) is 0. The lowest BCUT2D eigenvalue weighted by Gasteiger charge is -2.49. The molecule has 1 saturated carbocycles. The van der Waals surface area contributed by atoms with Gasteiger partial charge in [0.15, 0.2) is 0 Å². The van der Waals surface area contributed by atoms with Crippen molar-refractivity contribution in [2.75, 3.05) is 7.11 Å². The van der Waals surface area contributed by atoms with Crippen molar-refractivity contribution in [3.05, 3.63) is 0 Å². The Balaban J connectivity index is 3.09. The van der Waals surface area contributed by atoms with E-state index in [0.717, 1.165) is 6.42 Å². The zero-order valence-electron chi connectivity index (χ0n) is 11.8. The van der Waals surface area contributed by atoms with Crippen molar-refractivity contribution < 1.29 is 14.3 Å². The third kappa shape index (κ3) is 2.53. The molecular weight excluding hydrogens is 216 g/mol. The fraction of sp³-hybridized carbons (Fsp3) is 0.857. The van der Waals surface area contributed by atoms with Crippen molar-refractivity contribution in [2.45, 2.75) is 53.9 Å². The fourth-order valence-corrected chi connectivity index (χ4v) is 3.16. The molecule has 1 aliphatic rings. The maximum Gasteiger partial charge on any atom is 0.311 e. The molecule has 0 radical (unpaired) electrons. The van der Waals surface area contributed by atoms with Crippen LogP contribution in [0.15, 0.2) is 0 Å². The normalized spacial score (nSPS) is 28.9. The van der Waals surface area contributed by atoms with Crippen molar-refractivity contribution in [1.29, 1.82) is 0 Å². The van der Waals surface area contributed by atoms with Gasteiger partial charge in [-0.15, -0.1) is 0 Å². The third-order valence-corrected chi connectivity index (χ3v) is 4.34. The second-order valence-electron chi connectivity index (χ2n) is 6.91. The molecule has 1 fully saturated rings. The summed E-state index contributed by atoms with van der Waals surface area (Å²) in [4.78, 5) is 23.8. The summed E-state index contributed by atoms with van der Waals surface area (Å²) >= 11 is 0. The standard InChI is InChI=1S/C14H24O3/c1-12(2)7-10(15)8-14(5,9-12)13(3,4)11(16)17-6/h7-9H2,1-6H3. The molecule has 0 spiro atoms. The van der Waals surface area contributed by atoms with Gasteiger partial charge in [0.1, 0.15) is 5.78 Å². The van der Waals surface area contributed by atoms with Crippen molar-refractivity contribution in [3.63, 3.8) is 0 Å². The summed E-state index contributed by atoms with van der Waals surface area (Å²) in [6.07, 6.45) is 1.95. The lowest BCUT2D eigenvalue weighted by Crippen LogP contribution is -2.49. The Morgan fingerprint density at radius 3 is 2.18 bits per heavy atom. The zero-order chi connectivity index (χ0) is 13.5. The van der Waals surface area contributed by atoms with E-state index in [1.807, 2.05) is 20.8 Å². The number of carbonyl (C=O) groups excluding carboxylic acids is 2. The highest BCUT2D eigenvalue weighted by atomic mass is 16.5. The number of ketones is 1. The SMILES string of the molecule is COC(=O)C(C)(C)C1(C)CC(=O)CC(C)(C)C1. The maximum atomic E-state index is 11.9. The van der Waals surface area contributed by atoms with Gasteiger partial charge in [0, 0.05) is 12.8 Å². The van der Waals surface area contributed by atoms with Gasteiger partial charge in [-0.25, -0.2) is 0 Å². The van der Waals surface area contributed by atoms with Gasteiger partial charge in [-0.1, -0.05) is 20.8 Å². The summed E-state index contributed by atoms with van der Waals surface area (Å²) in [5.41, 5.74) is -0.983. The summed E-state index contributed by atoms with van der Waals surface area (Å²) in [6, 6.07) is 0. The van der Waals surface area contributed by atoms with Crippen LogP contribution < -0.4 is 0 Å². The van der Waals surface area contributed by atoms with Crippen molar-refractivity contribution in [2.24, 2.45) is 16.2 Å². The van der Waals surface area contributed by atoms with E-state index in [0.29, 0.717) is 12.8 Å². The molecule has 0 bridgehead atoms. The first-order chi connectivity index (χ1) is 7.54. The minimum atomic E-state index is -0.630. The van der Waals surface area contributed by atoms with Crippen LogP contribution in [0.3, 0.4) is 0 Å². The second-order valence-corrected chi connectivity index (χ2v) is 6.91. The molecule has 3 heteroatoms. The lowest BCUT2D eigenvalue weighted by molar-refractivity contribution is -0.163. The smallest absolute Gasteiger partial charge is 0.311 e. The van der Waals surface area contributed by atoms with Gasteiger partial charge in [-0.3, -0.25) is 9.59 Å². The first-order valence-corrected chi connectivity index (χ1v) is 6.14. The number of rotatable bonds is 2. The van der Waals surface area contributed by atoms with Gasteiger partial charge >= 0.3 is 5.97 Å². The van der Waals surface area contributed by atoms with Gasteiger partial charge in [-0.2, -0.15) is 0 Å². The van der Waals surface area contributed by atoms with Crippen LogP contribution in [0.25, 0.3) is 0 Å². The molecule has 0 amide bonds. The fourth-order valence-electron chi connectivity index (χ4n) is 3.16. The molecule has 1 aliphatic carbocycles. The van der Waals surface area contributed by atoms with Crippen LogP contribution in [-0.4, -0.2) is 18.9 Å². The highest BCUT2D eigenvalue weighted by Crippen LogP contribution is 2.54. The molecule has 0 heterocycles. The van der Waals surface area contributed by atoms with E-state index in [1.165, 1.54) is 7.11 Å². The summed E-state index contributed by atoms with van der Waals surface area (Å²) in [6.45, 7) is 9.98. The topological polar surface area (TPSA) is 43.4 Å².